The first-order valence-corrected chi connectivity index (χ1v) is 10.8. The monoisotopic (exact) mass is 421 g/mol. The number of rotatable bonds is 9. The topological polar surface area (TPSA) is 69.7 Å². The summed E-state index contributed by atoms with van der Waals surface area (Å²) in [6, 6.07) is 13.6. The number of hydrogen-bond acceptors (Lipinski definition) is 3. The maximum absolute atomic E-state index is 14.2. The Hall–Kier alpha value is -2.45. The Kier molecular flexibility index (Phi) is 7.75. The van der Waals surface area contributed by atoms with Gasteiger partial charge in [0.1, 0.15) is 12.4 Å². The molecule has 0 saturated carbocycles. The Morgan fingerprint density at radius 1 is 1.07 bits per heavy atom. The van der Waals surface area contributed by atoms with E-state index in [9.17, 15) is 17.6 Å². The molecular formula is C21H28FN3O3S. The van der Waals surface area contributed by atoms with E-state index in [2.05, 4.69) is 31.3 Å². The summed E-state index contributed by atoms with van der Waals surface area (Å²) in [5, 5.41) is 2.71. The zero-order chi connectivity index (χ0) is 21.6. The van der Waals surface area contributed by atoms with Crippen LogP contribution in [-0.4, -0.2) is 45.8 Å². The van der Waals surface area contributed by atoms with E-state index in [1.54, 1.807) is 0 Å². The molecule has 0 atom stereocenters. The van der Waals surface area contributed by atoms with Crippen molar-refractivity contribution in [3.63, 3.8) is 0 Å². The molecule has 2 aromatic rings. The van der Waals surface area contributed by atoms with Gasteiger partial charge in [-0.05, 0) is 35.6 Å². The molecular weight excluding hydrogens is 393 g/mol. The Morgan fingerprint density at radius 3 is 2.24 bits per heavy atom. The standard InChI is InChI=1S/C21H28FN3O3S/c1-16(2)18-11-9-17(10-12-18)13-14-23-21(26)15-25(29(27,28)24(3)4)20-8-6-5-7-19(20)22/h5-12,16H,13-15H2,1-4H3,(H,23,26). The highest BCUT2D eigenvalue weighted by Crippen LogP contribution is 2.22. The minimum Gasteiger partial charge on any atom is -0.354 e. The summed E-state index contributed by atoms with van der Waals surface area (Å²) < 4.78 is 41.1. The van der Waals surface area contributed by atoms with Crippen molar-refractivity contribution in [3.05, 3.63) is 65.5 Å². The van der Waals surface area contributed by atoms with Gasteiger partial charge in [0, 0.05) is 20.6 Å². The first-order valence-electron chi connectivity index (χ1n) is 9.43. The normalized spacial score (nSPS) is 11.7. The van der Waals surface area contributed by atoms with E-state index in [4.69, 9.17) is 0 Å². The fraction of sp³-hybridized carbons (Fsp3) is 0.381. The van der Waals surface area contributed by atoms with Gasteiger partial charge in [0.05, 0.1) is 5.69 Å². The maximum atomic E-state index is 14.2. The van der Waals surface area contributed by atoms with Crippen LogP contribution >= 0.6 is 0 Å². The lowest BCUT2D eigenvalue weighted by Gasteiger charge is -2.27. The van der Waals surface area contributed by atoms with Crippen LogP contribution in [0.5, 0.6) is 0 Å². The van der Waals surface area contributed by atoms with Crippen LogP contribution in [0.1, 0.15) is 30.9 Å². The van der Waals surface area contributed by atoms with E-state index >= 15 is 0 Å². The molecule has 1 amide bonds. The summed E-state index contributed by atoms with van der Waals surface area (Å²) in [5.74, 6) is -0.764. The highest BCUT2D eigenvalue weighted by molar-refractivity contribution is 7.90. The number of carbonyl (C=O) groups excluding carboxylic acids is 1. The predicted molar refractivity (Wildman–Crippen MR) is 114 cm³/mol. The molecule has 2 rings (SSSR count). The van der Waals surface area contributed by atoms with Gasteiger partial charge >= 0.3 is 10.2 Å². The molecule has 0 bridgehead atoms. The van der Waals surface area contributed by atoms with Gasteiger partial charge in [0.25, 0.3) is 0 Å². The lowest BCUT2D eigenvalue weighted by molar-refractivity contribution is -0.119. The lowest BCUT2D eigenvalue weighted by Crippen LogP contribution is -2.46. The summed E-state index contributed by atoms with van der Waals surface area (Å²) >= 11 is 0. The summed E-state index contributed by atoms with van der Waals surface area (Å²) in [6.07, 6.45) is 0.615. The average molecular weight is 422 g/mol. The van der Waals surface area contributed by atoms with E-state index in [0.29, 0.717) is 18.9 Å². The minimum absolute atomic E-state index is 0.166. The molecule has 6 nitrogen and oxygen atoms in total. The maximum Gasteiger partial charge on any atom is 0.304 e. The van der Waals surface area contributed by atoms with Crippen LogP contribution in [-0.2, 0) is 21.4 Å². The van der Waals surface area contributed by atoms with Crippen LogP contribution in [0.15, 0.2) is 48.5 Å². The molecule has 0 aliphatic carbocycles. The van der Waals surface area contributed by atoms with E-state index in [0.717, 1.165) is 20.2 Å². The molecule has 0 unspecified atom stereocenters. The number of amides is 1. The largest absolute Gasteiger partial charge is 0.354 e. The predicted octanol–water partition coefficient (Wildman–Crippen LogP) is 2.92. The number of carbonyl (C=O) groups is 1. The fourth-order valence-corrected chi connectivity index (χ4v) is 3.82. The van der Waals surface area contributed by atoms with Gasteiger partial charge in [-0.1, -0.05) is 50.2 Å². The Balaban J connectivity index is 2.04. The van der Waals surface area contributed by atoms with Crippen molar-refractivity contribution in [3.8, 4) is 0 Å². The van der Waals surface area contributed by atoms with Gasteiger partial charge in [-0.2, -0.15) is 12.7 Å². The molecule has 0 aliphatic rings. The zero-order valence-electron chi connectivity index (χ0n) is 17.2. The molecule has 29 heavy (non-hydrogen) atoms. The van der Waals surface area contributed by atoms with Crippen LogP contribution in [0.4, 0.5) is 10.1 Å². The third-order valence-corrected chi connectivity index (χ3v) is 6.34. The van der Waals surface area contributed by atoms with Crippen molar-refractivity contribution in [1.82, 2.24) is 9.62 Å². The Labute approximate surface area is 172 Å². The second-order valence-corrected chi connectivity index (χ2v) is 9.31. The number of nitrogens with zero attached hydrogens (tertiary/aromatic N) is 2. The molecule has 0 heterocycles. The van der Waals surface area contributed by atoms with Gasteiger partial charge in [-0.3, -0.25) is 4.79 Å². The molecule has 0 aromatic heterocycles. The second kappa shape index (κ2) is 9.84. The number of anilines is 1. The first kappa shape index (κ1) is 22.8. The van der Waals surface area contributed by atoms with Crippen molar-refractivity contribution in [2.45, 2.75) is 26.2 Å². The Bertz CT molecular complexity index is 928. The zero-order valence-corrected chi connectivity index (χ0v) is 18.0. The van der Waals surface area contributed by atoms with Gasteiger partial charge in [0.15, 0.2) is 0 Å². The van der Waals surface area contributed by atoms with E-state index in [1.165, 1.54) is 37.9 Å². The molecule has 0 radical (unpaired) electrons. The third-order valence-electron chi connectivity index (χ3n) is 4.53. The molecule has 0 saturated heterocycles. The van der Waals surface area contributed by atoms with Gasteiger partial charge in [-0.15, -0.1) is 0 Å². The number of nitrogens with one attached hydrogen (secondary N) is 1. The van der Waals surface area contributed by atoms with E-state index in [1.807, 2.05) is 12.1 Å². The van der Waals surface area contributed by atoms with Crippen molar-refractivity contribution < 1.29 is 17.6 Å². The summed E-state index contributed by atoms with van der Waals surface area (Å²) in [7, 11) is -1.36. The van der Waals surface area contributed by atoms with Crippen LogP contribution in [0.25, 0.3) is 0 Å². The number of halogens is 1. The molecule has 8 heteroatoms. The highest BCUT2D eigenvalue weighted by Gasteiger charge is 2.29. The average Bonchev–Trinajstić information content (AvgIpc) is 2.67. The SMILES string of the molecule is CC(C)c1ccc(CCNC(=O)CN(c2ccccc2F)S(=O)(=O)N(C)C)cc1. The van der Waals surface area contributed by atoms with E-state index in [-0.39, 0.29) is 5.69 Å². The lowest BCUT2D eigenvalue weighted by atomic mass is 10.0. The van der Waals surface area contributed by atoms with Gasteiger partial charge in [0.2, 0.25) is 5.91 Å². The number of para-hydroxylation sites is 1. The van der Waals surface area contributed by atoms with Crippen LogP contribution in [0, 0.1) is 5.82 Å². The number of hydrogen-bond donors (Lipinski definition) is 1. The molecule has 0 spiro atoms. The van der Waals surface area contributed by atoms with Crippen LogP contribution in [0.3, 0.4) is 0 Å². The second-order valence-electron chi connectivity index (χ2n) is 7.24. The summed E-state index contributed by atoms with van der Waals surface area (Å²) in [6.45, 7) is 4.09. The number of benzene rings is 2. The van der Waals surface area contributed by atoms with Crippen molar-refractivity contribution >= 4 is 21.8 Å². The molecule has 158 valence electrons. The van der Waals surface area contributed by atoms with Crippen molar-refractivity contribution in [2.75, 3.05) is 31.5 Å². The smallest absolute Gasteiger partial charge is 0.304 e. The summed E-state index contributed by atoms with van der Waals surface area (Å²) in [5.41, 5.74) is 2.15. The minimum atomic E-state index is -4.03. The van der Waals surface area contributed by atoms with Crippen LogP contribution < -0.4 is 9.62 Å². The quantitative estimate of drug-likeness (QED) is 0.677. The van der Waals surface area contributed by atoms with Gasteiger partial charge in [-0.25, -0.2) is 8.70 Å². The highest BCUT2D eigenvalue weighted by atomic mass is 32.2. The van der Waals surface area contributed by atoms with Crippen molar-refractivity contribution in [2.24, 2.45) is 0 Å². The third kappa shape index (κ3) is 6.01. The van der Waals surface area contributed by atoms with Crippen LogP contribution in [0.2, 0.25) is 0 Å². The van der Waals surface area contributed by atoms with E-state index < -0.39 is 28.5 Å². The molecule has 0 aliphatic heterocycles. The Morgan fingerprint density at radius 2 is 1.69 bits per heavy atom. The van der Waals surface area contributed by atoms with Gasteiger partial charge < -0.3 is 5.32 Å². The fourth-order valence-electron chi connectivity index (χ4n) is 2.74. The molecule has 1 N–H and O–H groups in total. The molecule has 2 aromatic carbocycles. The first-order chi connectivity index (χ1) is 13.6. The summed E-state index contributed by atoms with van der Waals surface area (Å²) in [4.78, 5) is 12.4. The molecule has 0 fully saturated rings. The van der Waals surface area contributed by atoms with Crippen molar-refractivity contribution in [1.29, 1.82) is 0 Å².